The lowest BCUT2D eigenvalue weighted by molar-refractivity contribution is -0.383. The lowest BCUT2D eigenvalue weighted by Gasteiger charge is -1.91. The van der Waals surface area contributed by atoms with Crippen LogP contribution in [-0.4, -0.2) is 9.30 Å². The fraction of sp³-hybridized carbons (Fsp3) is 0. The van der Waals surface area contributed by atoms with Crippen molar-refractivity contribution in [3.8, 4) is 0 Å². The van der Waals surface area contributed by atoms with Gasteiger partial charge in [0.15, 0.2) is 5.52 Å². The van der Waals surface area contributed by atoms with Crippen molar-refractivity contribution in [2.75, 3.05) is 5.73 Å². The van der Waals surface area contributed by atoms with E-state index in [2.05, 4.69) is 4.37 Å². The highest BCUT2D eigenvalue weighted by atomic mass is 32.1. The highest BCUT2D eigenvalue weighted by Gasteiger charge is 2.15. The number of fused-ring (bicyclic) bond motifs is 1. The standard InChI is InChI=1S/C7H5N3O2S/c8-7-4-2-1-3-5(10(11)12)6(4)9-13-7/h1-3H,8H2. The maximum atomic E-state index is 10.6. The molecule has 66 valence electrons. The van der Waals surface area contributed by atoms with Gasteiger partial charge in [-0.15, -0.1) is 0 Å². The van der Waals surface area contributed by atoms with Crippen molar-refractivity contribution in [2.24, 2.45) is 0 Å². The van der Waals surface area contributed by atoms with E-state index >= 15 is 0 Å². The van der Waals surface area contributed by atoms with E-state index in [0.29, 0.717) is 15.9 Å². The molecule has 0 saturated heterocycles. The SMILES string of the molecule is Nc1snc2c([N+](=O)[O-])cccc12. The molecule has 1 aromatic carbocycles. The molecule has 0 aliphatic carbocycles. The van der Waals surface area contributed by atoms with E-state index in [-0.39, 0.29) is 5.69 Å². The number of nitrogens with two attached hydrogens (primary N) is 1. The van der Waals surface area contributed by atoms with Crippen molar-refractivity contribution >= 4 is 33.1 Å². The topological polar surface area (TPSA) is 82.0 Å². The Bertz CT molecular complexity index is 480. The number of anilines is 1. The molecule has 0 radical (unpaired) electrons. The van der Waals surface area contributed by atoms with Gasteiger partial charge in [-0.1, -0.05) is 6.07 Å². The van der Waals surface area contributed by atoms with E-state index < -0.39 is 4.92 Å². The van der Waals surface area contributed by atoms with E-state index in [4.69, 9.17) is 5.73 Å². The van der Waals surface area contributed by atoms with Crippen molar-refractivity contribution in [3.05, 3.63) is 28.3 Å². The van der Waals surface area contributed by atoms with Gasteiger partial charge in [0, 0.05) is 11.5 Å². The van der Waals surface area contributed by atoms with Gasteiger partial charge in [0.2, 0.25) is 0 Å². The Hall–Kier alpha value is -1.69. The maximum absolute atomic E-state index is 10.6. The quantitative estimate of drug-likeness (QED) is 0.555. The molecular formula is C7H5N3O2S. The number of aromatic nitrogens is 1. The molecule has 0 saturated carbocycles. The molecule has 0 aliphatic heterocycles. The summed E-state index contributed by atoms with van der Waals surface area (Å²) in [7, 11) is 0. The Balaban J connectivity index is 2.84. The summed E-state index contributed by atoms with van der Waals surface area (Å²) in [5, 5.41) is 11.7. The largest absolute Gasteiger partial charge is 0.389 e. The van der Waals surface area contributed by atoms with Crippen LogP contribution in [0.3, 0.4) is 0 Å². The summed E-state index contributed by atoms with van der Waals surface area (Å²) in [5.74, 6) is 0. The molecule has 5 nitrogen and oxygen atoms in total. The molecule has 0 amide bonds. The summed E-state index contributed by atoms with van der Waals surface area (Å²) in [6, 6.07) is 4.74. The molecule has 6 heteroatoms. The van der Waals surface area contributed by atoms with E-state index in [1.54, 1.807) is 12.1 Å². The molecule has 0 spiro atoms. The number of nitro groups is 1. The minimum absolute atomic E-state index is 0.00505. The summed E-state index contributed by atoms with van der Waals surface area (Å²) in [4.78, 5) is 10.1. The van der Waals surface area contributed by atoms with E-state index in [0.717, 1.165) is 11.5 Å². The third kappa shape index (κ3) is 1.11. The number of benzene rings is 1. The lowest BCUT2D eigenvalue weighted by Crippen LogP contribution is -1.88. The predicted molar refractivity (Wildman–Crippen MR) is 50.7 cm³/mol. The molecule has 13 heavy (non-hydrogen) atoms. The second kappa shape index (κ2) is 2.67. The van der Waals surface area contributed by atoms with Crippen molar-refractivity contribution in [2.45, 2.75) is 0 Å². The van der Waals surface area contributed by atoms with Crippen LogP contribution in [0.1, 0.15) is 0 Å². The highest BCUT2D eigenvalue weighted by molar-refractivity contribution is 7.11. The molecule has 0 fully saturated rings. The fourth-order valence-corrected chi connectivity index (χ4v) is 1.76. The molecular weight excluding hydrogens is 190 g/mol. The van der Waals surface area contributed by atoms with Crippen LogP contribution < -0.4 is 5.73 Å². The lowest BCUT2D eigenvalue weighted by atomic mass is 10.2. The minimum atomic E-state index is -0.457. The van der Waals surface area contributed by atoms with Crippen LogP contribution in [0.4, 0.5) is 10.7 Å². The average molecular weight is 195 g/mol. The second-order valence-corrected chi connectivity index (χ2v) is 3.28. The zero-order valence-corrected chi connectivity index (χ0v) is 7.25. The van der Waals surface area contributed by atoms with Crippen LogP contribution in [0, 0.1) is 10.1 Å². The monoisotopic (exact) mass is 195 g/mol. The molecule has 0 atom stereocenters. The average Bonchev–Trinajstić information content (AvgIpc) is 2.48. The highest BCUT2D eigenvalue weighted by Crippen LogP contribution is 2.30. The summed E-state index contributed by atoms with van der Waals surface area (Å²) in [6.45, 7) is 0. The molecule has 0 bridgehead atoms. The fourth-order valence-electron chi connectivity index (χ4n) is 1.12. The van der Waals surface area contributed by atoms with Gasteiger partial charge in [-0.3, -0.25) is 10.1 Å². The number of hydrogen-bond donors (Lipinski definition) is 1. The molecule has 2 aromatic rings. The first-order valence-corrected chi connectivity index (χ1v) is 4.26. The van der Waals surface area contributed by atoms with Crippen molar-refractivity contribution in [1.29, 1.82) is 0 Å². The molecule has 1 heterocycles. The van der Waals surface area contributed by atoms with Gasteiger partial charge in [-0.2, -0.15) is 4.37 Å². The van der Waals surface area contributed by atoms with Gasteiger partial charge in [-0.25, -0.2) is 0 Å². The molecule has 2 rings (SSSR count). The first-order valence-electron chi connectivity index (χ1n) is 3.48. The van der Waals surface area contributed by atoms with Gasteiger partial charge in [0.1, 0.15) is 5.00 Å². The van der Waals surface area contributed by atoms with Crippen LogP contribution in [0.15, 0.2) is 18.2 Å². The number of nitrogens with zero attached hydrogens (tertiary/aromatic N) is 2. The smallest absolute Gasteiger partial charge is 0.296 e. The molecule has 2 N–H and O–H groups in total. The first kappa shape index (κ1) is 7.93. The third-order valence-corrected chi connectivity index (χ3v) is 2.40. The van der Waals surface area contributed by atoms with Gasteiger partial charge < -0.3 is 5.73 Å². The van der Waals surface area contributed by atoms with E-state index in [1.807, 2.05) is 0 Å². The molecule has 0 unspecified atom stereocenters. The zero-order valence-electron chi connectivity index (χ0n) is 6.43. The Labute approximate surface area is 77.1 Å². The normalized spacial score (nSPS) is 10.5. The Morgan fingerprint density at radius 2 is 2.31 bits per heavy atom. The van der Waals surface area contributed by atoms with Crippen molar-refractivity contribution in [3.63, 3.8) is 0 Å². The maximum Gasteiger partial charge on any atom is 0.296 e. The minimum Gasteiger partial charge on any atom is -0.389 e. The number of nitrogen functional groups attached to an aromatic ring is 1. The first-order chi connectivity index (χ1) is 6.20. The summed E-state index contributed by atoms with van der Waals surface area (Å²) in [5.41, 5.74) is 5.95. The van der Waals surface area contributed by atoms with Gasteiger partial charge in [0.25, 0.3) is 5.69 Å². The number of rotatable bonds is 1. The van der Waals surface area contributed by atoms with Gasteiger partial charge in [-0.05, 0) is 17.6 Å². The van der Waals surface area contributed by atoms with Crippen LogP contribution in [-0.2, 0) is 0 Å². The summed E-state index contributed by atoms with van der Waals surface area (Å²) < 4.78 is 3.91. The van der Waals surface area contributed by atoms with E-state index in [1.165, 1.54) is 6.07 Å². The Morgan fingerprint density at radius 3 is 3.00 bits per heavy atom. The van der Waals surface area contributed by atoms with Crippen LogP contribution in [0.2, 0.25) is 0 Å². The molecule has 1 aromatic heterocycles. The number of non-ortho nitro benzene ring substituents is 1. The third-order valence-electron chi connectivity index (χ3n) is 1.71. The molecule has 0 aliphatic rings. The van der Waals surface area contributed by atoms with Crippen LogP contribution in [0.5, 0.6) is 0 Å². The zero-order chi connectivity index (χ0) is 9.42. The number of nitro benzene ring substituents is 1. The Kier molecular flexibility index (Phi) is 1.63. The van der Waals surface area contributed by atoms with Crippen LogP contribution >= 0.6 is 11.5 Å². The summed E-state index contributed by atoms with van der Waals surface area (Å²) >= 11 is 1.07. The van der Waals surface area contributed by atoms with E-state index in [9.17, 15) is 10.1 Å². The Morgan fingerprint density at radius 1 is 1.54 bits per heavy atom. The second-order valence-electron chi connectivity index (χ2n) is 2.48. The summed E-state index contributed by atoms with van der Waals surface area (Å²) in [6.07, 6.45) is 0. The predicted octanol–water partition coefficient (Wildman–Crippen LogP) is 1.79. The number of hydrogen-bond acceptors (Lipinski definition) is 5. The van der Waals surface area contributed by atoms with Crippen LogP contribution in [0.25, 0.3) is 10.9 Å². The van der Waals surface area contributed by atoms with Gasteiger partial charge >= 0.3 is 0 Å². The van der Waals surface area contributed by atoms with Crippen molar-refractivity contribution in [1.82, 2.24) is 4.37 Å². The van der Waals surface area contributed by atoms with Gasteiger partial charge in [0.05, 0.1) is 4.92 Å². The van der Waals surface area contributed by atoms with Crippen molar-refractivity contribution < 1.29 is 4.92 Å².